The van der Waals surface area contributed by atoms with Crippen molar-refractivity contribution in [3.8, 4) is 5.75 Å². The third-order valence-electron chi connectivity index (χ3n) is 4.58. The van der Waals surface area contributed by atoms with Gasteiger partial charge >= 0.3 is 0 Å². The van der Waals surface area contributed by atoms with Crippen LogP contribution in [0.1, 0.15) is 6.42 Å². The predicted octanol–water partition coefficient (Wildman–Crippen LogP) is 1.44. The van der Waals surface area contributed by atoms with Gasteiger partial charge in [0.05, 0.1) is 17.0 Å². The number of benzene rings is 1. The van der Waals surface area contributed by atoms with E-state index in [-0.39, 0.29) is 17.3 Å². The van der Waals surface area contributed by atoms with Crippen molar-refractivity contribution in [2.45, 2.75) is 17.4 Å². The average Bonchev–Trinajstić information content (AvgIpc) is 3.09. The Hall–Kier alpha value is -0.570. The van der Waals surface area contributed by atoms with Crippen LogP contribution in [0, 0.1) is 0 Å². The van der Waals surface area contributed by atoms with Gasteiger partial charge in [-0.15, -0.1) is 12.4 Å². The van der Waals surface area contributed by atoms with Crippen molar-refractivity contribution in [3.05, 3.63) is 23.2 Å². The van der Waals surface area contributed by atoms with Crippen LogP contribution >= 0.6 is 24.0 Å². The molecule has 2 aliphatic rings. The second-order valence-corrected chi connectivity index (χ2v) is 8.23. The summed E-state index contributed by atoms with van der Waals surface area (Å²) in [6.45, 7) is 4.63. The highest BCUT2D eigenvalue weighted by Crippen LogP contribution is 2.29. The van der Waals surface area contributed by atoms with Crippen LogP contribution in [0.15, 0.2) is 23.1 Å². The second-order valence-electron chi connectivity index (χ2n) is 5.88. The Morgan fingerprint density at radius 2 is 1.96 bits per heavy atom. The van der Waals surface area contributed by atoms with Crippen LogP contribution < -0.4 is 10.1 Å². The van der Waals surface area contributed by atoms with E-state index in [2.05, 4.69) is 10.2 Å². The highest BCUT2D eigenvalue weighted by atomic mass is 35.5. The van der Waals surface area contributed by atoms with Crippen LogP contribution in [-0.2, 0) is 10.0 Å². The van der Waals surface area contributed by atoms with Gasteiger partial charge in [0.15, 0.2) is 0 Å². The maximum atomic E-state index is 12.8. The summed E-state index contributed by atoms with van der Waals surface area (Å²) in [7, 11) is -2.00. The molecular weight excluding hydrogens is 373 g/mol. The van der Waals surface area contributed by atoms with Crippen molar-refractivity contribution in [2.75, 3.05) is 46.4 Å². The normalized spacial score (nSPS) is 23.0. The number of hydrogen-bond acceptors (Lipinski definition) is 5. The minimum absolute atomic E-state index is 0. The van der Waals surface area contributed by atoms with Gasteiger partial charge in [-0.2, -0.15) is 4.31 Å². The average molecular weight is 396 g/mol. The van der Waals surface area contributed by atoms with Gasteiger partial charge in [-0.25, -0.2) is 8.42 Å². The van der Waals surface area contributed by atoms with Gasteiger partial charge < -0.3 is 10.1 Å². The van der Waals surface area contributed by atoms with Crippen molar-refractivity contribution in [1.29, 1.82) is 0 Å². The number of hydrogen-bond donors (Lipinski definition) is 1. The molecule has 2 fully saturated rings. The fourth-order valence-electron chi connectivity index (χ4n) is 3.22. The fourth-order valence-corrected chi connectivity index (χ4v) is 4.99. The van der Waals surface area contributed by atoms with E-state index >= 15 is 0 Å². The number of nitrogens with zero attached hydrogens (tertiary/aromatic N) is 2. The van der Waals surface area contributed by atoms with Crippen molar-refractivity contribution < 1.29 is 13.2 Å². The zero-order chi connectivity index (χ0) is 16.4. The molecule has 1 atom stereocenters. The van der Waals surface area contributed by atoms with Crippen LogP contribution in [0.3, 0.4) is 0 Å². The number of nitrogens with one attached hydrogen (secondary N) is 1. The van der Waals surface area contributed by atoms with Gasteiger partial charge in [-0.3, -0.25) is 4.90 Å². The lowest BCUT2D eigenvalue weighted by Crippen LogP contribution is -2.52. The lowest BCUT2D eigenvalue weighted by Gasteiger charge is -2.37. The Morgan fingerprint density at radius 1 is 1.25 bits per heavy atom. The minimum Gasteiger partial charge on any atom is -0.495 e. The van der Waals surface area contributed by atoms with E-state index in [0.29, 0.717) is 29.9 Å². The fraction of sp³-hybridized carbons (Fsp3) is 0.600. The first kappa shape index (κ1) is 19.8. The Bertz CT molecular complexity index is 658. The largest absolute Gasteiger partial charge is 0.495 e. The number of sulfonamides is 1. The Labute approximate surface area is 154 Å². The summed E-state index contributed by atoms with van der Waals surface area (Å²) in [5.74, 6) is 0.476. The van der Waals surface area contributed by atoms with Gasteiger partial charge in [-0.05, 0) is 31.2 Å². The molecule has 136 valence electrons. The third-order valence-corrected chi connectivity index (χ3v) is 6.77. The van der Waals surface area contributed by atoms with Gasteiger partial charge in [0.1, 0.15) is 5.75 Å². The number of ether oxygens (including phenoxy) is 1. The molecule has 0 bridgehead atoms. The monoisotopic (exact) mass is 395 g/mol. The molecule has 1 aromatic rings. The van der Waals surface area contributed by atoms with Crippen molar-refractivity contribution in [3.63, 3.8) is 0 Å². The SMILES string of the molecule is COc1ccc(S(=O)(=O)N2CCN(C3CCNC3)CC2)cc1Cl.Cl. The lowest BCUT2D eigenvalue weighted by molar-refractivity contribution is 0.145. The first-order chi connectivity index (χ1) is 11.0. The van der Waals surface area contributed by atoms with Crippen LogP contribution in [0.25, 0.3) is 0 Å². The van der Waals surface area contributed by atoms with E-state index in [1.807, 2.05) is 0 Å². The molecule has 0 aliphatic carbocycles. The molecule has 2 aliphatic heterocycles. The molecule has 0 spiro atoms. The molecule has 0 radical (unpaired) electrons. The molecule has 0 amide bonds. The first-order valence-electron chi connectivity index (χ1n) is 7.81. The summed E-state index contributed by atoms with van der Waals surface area (Å²) in [6, 6.07) is 5.14. The first-order valence-corrected chi connectivity index (χ1v) is 9.62. The van der Waals surface area contributed by atoms with E-state index in [9.17, 15) is 8.42 Å². The van der Waals surface area contributed by atoms with E-state index in [1.54, 1.807) is 16.4 Å². The highest BCUT2D eigenvalue weighted by molar-refractivity contribution is 7.89. The smallest absolute Gasteiger partial charge is 0.243 e. The summed E-state index contributed by atoms with van der Waals surface area (Å²) in [6.07, 6.45) is 1.14. The molecule has 1 N–H and O–H groups in total. The zero-order valence-electron chi connectivity index (χ0n) is 13.6. The van der Waals surface area contributed by atoms with E-state index in [0.717, 1.165) is 32.6 Å². The molecule has 3 rings (SSSR count). The van der Waals surface area contributed by atoms with Crippen molar-refractivity contribution in [1.82, 2.24) is 14.5 Å². The molecule has 6 nitrogen and oxygen atoms in total. The molecule has 2 saturated heterocycles. The summed E-state index contributed by atoms with van der Waals surface area (Å²) >= 11 is 6.06. The quantitative estimate of drug-likeness (QED) is 0.835. The highest BCUT2D eigenvalue weighted by Gasteiger charge is 2.32. The number of halogens is 2. The standard InChI is InChI=1S/C15H22ClN3O3S.ClH/c1-22-15-3-2-13(10-14(15)16)23(20,21)19-8-6-18(7-9-19)12-4-5-17-11-12;/h2-3,10,12,17H,4-9,11H2,1H3;1H. The van der Waals surface area contributed by atoms with Gasteiger partial charge in [0.2, 0.25) is 10.0 Å². The molecule has 1 unspecified atom stereocenters. The minimum atomic E-state index is -3.51. The number of methoxy groups -OCH3 is 1. The Kier molecular flexibility index (Phi) is 6.75. The van der Waals surface area contributed by atoms with E-state index in [4.69, 9.17) is 16.3 Å². The van der Waals surface area contributed by atoms with Crippen LogP contribution in [-0.4, -0.2) is 70.0 Å². The molecule has 1 aromatic carbocycles. The molecule has 0 aromatic heterocycles. The maximum Gasteiger partial charge on any atom is 0.243 e. The Balaban J connectivity index is 0.00000208. The Morgan fingerprint density at radius 3 is 2.50 bits per heavy atom. The zero-order valence-corrected chi connectivity index (χ0v) is 16.0. The molecular formula is C15H23Cl2N3O3S. The summed E-state index contributed by atoms with van der Waals surface area (Å²) in [5, 5.41) is 3.66. The van der Waals surface area contributed by atoms with Crippen molar-refractivity contribution in [2.24, 2.45) is 0 Å². The predicted molar refractivity (Wildman–Crippen MR) is 96.9 cm³/mol. The molecule has 2 heterocycles. The number of piperazine rings is 1. The summed E-state index contributed by atoms with van der Waals surface area (Å²) < 4.78 is 32.1. The van der Waals surface area contributed by atoms with Crippen LogP contribution in [0.2, 0.25) is 5.02 Å². The second kappa shape index (κ2) is 8.21. The van der Waals surface area contributed by atoms with Gasteiger partial charge in [0, 0.05) is 38.8 Å². The molecule has 9 heteroatoms. The van der Waals surface area contributed by atoms with Crippen LogP contribution in [0.5, 0.6) is 5.75 Å². The van der Waals surface area contributed by atoms with Crippen LogP contribution in [0.4, 0.5) is 0 Å². The summed E-state index contributed by atoms with van der Waals surface area (Å²) in [4.78, 5) is 2.60. The topological polar surface area (TPSA) is 61.9 Å². The molecule has 24 heavy (non-hydrogen) atoms. The van der Waals surface area contributed by atoms with Gasteiger partial charge in [0.25, 0.3) is 0 Å². The third kappa shape index (κ3) is 3.98. The summed E-state index contributed by atoms with van der Waals surface area (Å²) in [5.41, 5.74) is 0. The molecule has 0 saturated carbocycles. The van der Waals surface area contributed by atoms with Crippen molar-refractivity contribution >= 4 is 34.0 Å². The number of rotatable bonds is 4. The maximum absolute atomic E-state index is 12.8. The lowest BCUT2D eigenvalue weighted by atomic mass is 10.2. The van der Waals surface area contributed by atoms with E-state index < -0.39 is 10.0 Å². The van der Waals surface area contributed by atoms with Gasteiger partial charge in [-0.1, -0.05) is 11.6 Å². The van der Waals surface area contributed by atoms with E-state index in [1.165, 1.54) is 13.2 Å².